The summed E-state index contributed by atoms with van der Waals surface area (Å²) in [7, 11) is -2.40. The third-order valence-corrected chi connectivity index (χ3v) is 5.16. The van der Waals surface area contributed by atoms with Crippen LogP contribution in [0.1, 0.15) is 37.6 Å². The highest BCUT2D eigenvalue weighted by Crippen LogP contribution is 2.11. The molecule has 0 aliphatic heterocycles. The Bertz CT molecular complexity index is 789. The fourth-order valence-electron chi connectivity index (χ4n) is 2.32. The Morgan fingerprint density at radius 3 is 2.21 bits per heavy atom. The number of amides is 1. The molecule has 1 atom stereocenters. The van der Waals surface area contributed by atoms with Crippen molar-refractivity contribution in [1.82, 2.24) is 10.0 Å². The molecule has 0 aliphatic rings. The zero-order chi connectivity index (χ0) is 21.3. The Morgan fingerprint density at radius 1 is 1.11 bits per heavy atom. The minimum atomic E-state index is -3.62. The number of sulfonamides is 1. The average Bonchev–Trinajstić information content (AvgIpc) is 2.64. The highest BCUT2D eigenvalue weighted by Gasteiger charge is 2.23. The summed E-state index contributed by atoms with van der Waals surface area (Å²) in [5.41, 5.74) is 0.0925. The van der Waals surface area contributed by atoms with Gasteiger partial charge >= 0.3 is 11.9 Å². The van der Waals surface area contributed by atoms with Gasteiger partial charge in [0.25, 0.3) is 5.91 Å². The second-order valence-corrected chi connectivity index (χ2v) is 8.14. The molecule has 0 aliphatic carbocycles. The summed E-state index contributed by atoms with van der Waals surface area (Å²) in [6.07, 6.45) is 0.383. The molecule has 28 heavy (non-hydrogen) atoms. The molecule has 0 heterocycles. The normalized spacial score (nSPS) is 12.3. The van der Waals surface area contributed by atoms with Crippen LogP contribution >= 0.6 is 0 Å². The summed E-state index contributed by atoms with van der Waals surface area (Å²) in [5, 5.41) is 2.47. The molecule has 0 fully saturated rings. The van der Waals surface area contributed by atoms with E-state index in [1.807, 2.05) is 13.8 Å². The summed E-state index contributed by atoms with van der Waals surface area (Å²) < 4.78 is 35.6. The van der Waals surface area contributed by atoms with E-state index in [-0.39, 0.29) is 22.9 Å². The third-order valence-electron chi connectivity index (χ3n) is 3.60. The fourth-order valence-corrected chi connectivity index (χ4v) is 3.36. The van der Waals surface area contributed by atoms with Crippen molar-refractivity contribution in [1.29, 1.82) is 0 Å². The topological polar surface area (TPSA) is 128 Å². The first-order valence-electron chi connectivity index (χ1n) is 8.74. The molecule has 1 aromatic rings. The van der Waals surface area contributed by atoms with Crippen LogP contribution in [0.2, 0.25) is 0 Å². The maximum atomic E-state index is 12.0. The molecule has 0 saturated carbocycles. The molecule has 1 aromatic carbocycles. The van der Waals surface area contributed by atoms with Crippen LogP contribution in [0.5, 0.6) is 0 Å². The summed E-state index contributed by atoms with van der Waals surface area (Å²) in [6, 6.07) is 4.29. The van der Waals surface area contributed by atoms with E-state index >= 15 is 0 Å². The second-order valence-electron chi connectivity index (χ2n) is 6.37. The Labute approximate surface area is 164 Å². The van der Waals surface area contributed by atoms with Gasteiger partial charge in [0, 0.05) is 6.54 Å². The van der Waals surface area contributed by atoms with Crippen LogP contribution < -0.4 is 10.0 Å². The van der Waals surface area contributed by atoms with Gasteiger partial charge in [-0.25, -0.2) is 22.7 Å². The zero-order valence-electron chi connectivity index (χ0n) is 16.4. The van der Waals surface area contributed by atoms with Gasteiger partial charge in [0.2, 0.25) is 10.0 Å². The van der Waals surface area contributed by atoms with Gasteiger partial charge in [0.05, 0.1) is 17.6 Å². The van der Waals surface area contributed by atoms with Crippen molar-refractivity contribution in [3.8, 4) is 0 Å². The first kappa shape index (κ1) is 23.6. The van der Waals surface area contributed by atoms with Crippen molar-refractivity contribution in [2.45, 2.75) is 38.1 Å². The van der Waals surface area contributed by atoms with Gasteiger partial charge in [0.1, 0.15) is 6.04 Å². The number of rotatable bonds is 10. The van der Waals surface area contributed by atoms with Crippen LogP contribution in [0.15, 0.2) is 29.2 Å². The summed E-state index contributed by atoms with van der Waals surface area (Å²) in [5.74, 6) is -1.87. The Kier molecular flexibility index (Phi) is 9.07. The highest BCUT2D eigenvalue weighted by atomic mass is 32.2. The number of hydrogen-bond acceptors (Lipinski definition) is 7. The van der Waals surface area contributed by atoms with Gasteiger partial charge in [-0.1, -0.05) is 20.8 Å². The molecule has 1 rings (SSSR count). The van der Waals surface area contributed by atoms with Crippen molar-refractivity contribution < 1.29 is 32.3 Å². The van der Waals surface area contributed by atoms with E-state index in [1.54, 1.807) is 6.92 Å². The van der Waals surface area contributed by atoms with E-state index < -0.39 is 40.5 Å². The van der Waals surface area contributed by atoms with Crippen LogP contribution in [0.4, 0.5) is 0 Å². The smallest absolute Gasteiger partial charge is 0.338 e. The summed E-state index contributed by atoms with van der Waals surface area (Å²) in [6.45, 7) is 5.09. The van der Waals surface area contributed by atoms with E-state index in [1.165, 1.54) is 31.4 Å². The quantitative estimate of drug-likeness (QED) is 0.543. The van der Waals surface area contributed by atoms with Gasteiger partial charge in [-0.15, -0.1) is 0 Å². The zero-order valence-corrected chi connectivity index (χ0v) is 17.2. The van der Waals surface area contributed by atoms with Crippen LogP contribution in [-0.4, -0.2) is 52.6 Å². The van der Waals surface area contributed by atoms with E-state index in [9.17, 15) is 22.8 Å². The number of benzene rings is 1. The predicted molar refractivity (Wildman–Crippen MR) is 101 cm³/mol. The number of esters is 2. The molecule has 0 spiro atoms. The molecule has 9 nitrogen and oxygen atoms in total. The van der Waals surface area contributed by atoms with Crippen molar-refractivity contribution in [2.24, 2.45) is 5.92 Å². The third kappa shape index (κ3) is 7.28. The van der Waals surface area contributed by atoms with Gasteiger partial charge in [0.15, 0.2) is 6.61 Å². The minimum absolute atomic E-state index is 0.0123. The molecular weight excluding hydrogens is 388 g/mol. The monoisotopic (exact) mass is 414 g/mol. The van der Waals surface area contributed by atoms with E-state index in [0.29, 0.717) is 6.42 Å². The van der Waals surface area contributed by atoms with Crippen molar-refractivity contribution >= 4 is 27.9 Å². The number of carbonyl (C=O) groups excluding carboxylic acids is 3. The van der Waals surface area contributed by atoms with Crippen LogP contribution in [-0.2, 0) is 29.1 Å². The molecule has 1 amide bonds. The van der Waals surface area contributed by atoms with E-state index in [4.69, 9.17) is 4.74 Å². The lowest BCUT2D eigenvalue weighted by molar-refractivity contribution is -0.145. The lowest BCUT2D eigenvalue weighted by atomic mass is 10.0. The molecule has 156 valence electrons. The summed E-state index contributed by atoms with van der Waals surface area (Å²) >= 11 is 0. The maximum absolute atomic E-state index is 12.0. The highest BCUT2D eigenvalue weighted by molar-refractivity contribution is 7.89. The van der Waals surface area contributed by atoms with Gasteiger partial charge in [-0.05, 0) is 36.6 Å². The number of carbonyl (C=O) groups is 3. The van der Waals surface area contributed by atoms with Gasteiger partial charge in [-0.2, -0.15) is 0 Å². The fraction of sp³-hybridized carbons (Fsp3) is 0.500. The SMILES string of the molecule is CCNS(=O)(=O)c1ccc(C(=O)OCC(=O)N[C@@H](CC(C)C)C(=O)OC)cc1. The van der Waals surface area contributed by atoms with Crippen molar-refractivity contribution in [2.75, 3.05) is 20.3 Å². The van der Waals surface area contributed by atoms with Gasteiger partial charge < -0.3 is 14.8 Å². The lowest BCUT2D eigenvalue weighted by Gasteiger charge is -2.18. The minimum Gasteiger partial charge on any atom is -0.467 e. The standard InChI is InChI=1S/C18H26N2O7S/c1-5-19-28(24,25)14-8-6-13(7-9-14)17(22)27-11-16(21)20-15(10-12(2)3)18(23)26-4/h6-9,12,15,19H,5,10-11H2,1-4H3,(H,20,21)/t15-/m0/s1. The molecule has 2 N–H and O–H groups in total. The lowest BCUT2D eigenvalue weighted by Crippen LogP contribution is -2.44. The summed E-state index contributed by atoms with van der Waals surface area (Å²) in [4.78, 5) is 35.7. The van der Waals surface area contributed by atoms with Gasteiger partial charge in [-0.3, -0.25) is 4.79 Å². The molecule has 10 heteroatoms. The van der Waals surface area contributed by atoms with Crippen LogP contribution in [0.3, 0.4) is 0 Å². The Balaban J connectivity index is 2.65. The van der Waals surface area contributed by atoms with E-state index in [2.05, 4.69) is 14.8 Å². The average molecular weight is 414 g/mol. The van der Waals surface area contributed by atoms with E-state index in [0.717, 1.165) is 0 Å². The first-order valence-corrected chi connectivity index (χ1v) is 10.2. The Morgan fingerprint density at radius 2 is 1.71 bits per heavy atom. The second kappa shape index (κ2) is 10.8. The first-order chi connectivity index (χ1) is 13.1. The van der Waals surface area contributed by atoms with Crippen LogP contribution in [0, 0.1) is 5.92 Å². The van der Waals surface area contributed by atoms with Crippen LogP contribution in [0.25, 0.3) is 0 Å². The molecule has 0 bridgehead atoms. The number of methoxy groups -OCH3 is 1. The maximum Gasteiger partial charge on any atom is 0.338 e. The predicted octanol–water partition coefficient (Wildman–Crippen LogP) is 0.846. The molecule has 0 aromatic heterocycles. The number of nitrogens with one attached hydrogen (secondary N) is 2. The largest absolute Gasteiger partial charge is 0.467 e. The number of hydrogen-bond donors (Lipinski definition) is 2. The molecule has 0 saturated heterocycles. The number of ether oxygens (including phenoxy) is 2. The molecule has 0 radical (unpaired) electrons. The molecule has 0 unspecified atom stereocenters. The Hall–Kier alpha value is -2.46. The van der Waals surface area contributed by atoms with Crippen molar-refractivity contribution in [3.05, 3.63) is 29.8 Å². The molecular formula is C18H26N2O7S. The van der Waals surface area contributed by atoms with Crippen molar-refractivity contribution in [3.63, 3.8) is 0 Å².